The lowest BCUT2D eigenvalue weighted by Gasteiger charge is -2.28. The first kappa shape index (κ1) is 23.0. The zero-order valence-corrected chi connectivity index (χ0v) is 17.7. The number of nitrogens with zero attached hydrogens (tertiary/aromatic N) is 1. The molecule has 3 rings (SSSR count). The summed E-state index contributed by atoms with van der Waals surface area (Å²) in [4.78, 5) is 16.5. The van der Waals surface area contributed by atoms with Crippen molar-refractivity contribution in [3.8, 4) is 16.9 Å². The first-order valence-electron chi connectivity index (χ1n) is 9.54. The predicted octanol–water partition coefficient (Wildman–Crippen LogP) is 3.22. The average Bonchev–Trinajstić information content (AvgIpc) is 2.70. The zero-order valence-electron chi connectivity index (χ0n) is 16.9. The third kappa shape index (κ3) is 5.73. The molecule has 1 saturated carbocycles. The number of nitrogens with one attached hydrogen (secondary N) is 2. The van der Waals surface area contributed by atoms with Gasteiger partial charge in [0.25, 0.3) is 0 Å². The lowest BCUT2D eigenvalue weighted by Crippen LogP contribution is -2.40. The van der Waals surface area contributed by atoms with E-state index in [-0.39, 0.29) is 34.6 Å². The first-order valence-corrected chi connectivity index (χ1v) is 11.4. The quantitative estimate of drug-likeness (QED) is 0.694. The van der Waals surface area contributed by atoms with Gasteiger partial charge in [0.15, 0.2) is 11.6 Å². The third-order valence-electron chi connectivity index (χ3n) is 5.06. The van der Waals surface area contributed by atoms with Crippen LogP contribution >= 0.6 is 0 Å². The summed E-state index contributed by atoms with van der Waals surface area (Å²) >= 11 is 0. The largest absolute Gasteiger partial charge is 0.496 e. The normalized spacial score (nSPS) is 19.1. The minimum atomic E-state index is -3.39. The molecular weight excluding hydrogens is 435 g/mol. The van der Waals surface area contributed by atoms with Crippen LogP contribution in [0.5, 0.6) is 5.75 Å². The molecule has 2 N–H and O–H groups in total. The van der Waals surface area contributed by atoms with Crippen LogP contribution in [-0.4, -0.2) is 38.7 Å². The van der Waals surface area contributed by atoms with Gasteiger partial charge in [-0.3, -0.25) is 4.79 Å². The van der Waals surface area contributed by atoms with Crippen LogP contribution in [0.1, 0.15) is 25.7 Å². The van der Waals surface area contributed by atoms with E-state index < -0.39 is 33.4 Å². The Balaban J connectivity index is 1.81. The number of benzene rings is 1. The molecule has 1 aliphatic carbocycles. The Morgan fingerprint density at radius 3 is 2.48 bits per heavy atom. The van der Waals surface area contributed by atoms with Crippen LogP contribution in [0.15, 0.2) is 24.4 Å². The predicted molar refractivity (Wildman–Crippen MR) is 108 cm³/mol. The van der Waals surface area contributed by atoms with Crippen molar-refractivity contribution in [2.75, 3.05) is 18.7 Å². The maximum absolute atomic E-state index is 14.4. The Morgan fingerprint density at radius 1 is 1.10 bits per heavy atom. The molecule has 1 aromatic carbocycles. The summed E-state index contributed by atoms with van der Waals surface area (Å²) in [6, 6.07) is 2.47. The highest BCUT2D eigenvalue weighted by Crippen LogP contribution is 2.35. The number of carbonyl (C=O) groups is 1. The van der Waals surface area contributed by atoms with Gasteiger partial charge in [-0.05, 0) is 31.4 Å². The number of aromatic nitrogens is 1. The molecule has 2 unspecified atom stereocenters. The first-order chi connectivity index (χ1) is 14.6. The number of pyridine rings is 1. The number of methoxy groups -OCH3 is 1. The van der Waals surface area contributed by atoms with E-state index in [4.69, 9.17) is 4.74 Å². The SMILES string of the molecule is COc1cc(F)c(F)cc1-c1cc(NC(=O)C2CCCC(NS(C)(=O)=O)C2)ncc1F. The molecule has 168 valence electrons. The van der Waals surface area contributed by atoms with E-state index in [1.54, 1.807) is 0 Å². The number of rotatable bonds is 6. The standard InChI is InChI=1S/C20H22F3N3O4S/c1-30-18-9-16(22)15(21)7-14(18)13-8-19(24-10-17(13)23)25-20(27)11-4-3-5-12(6-11)26-31(2,28)29/h7-12,26H,3-6H2,1-2H3,(H,24,25,27). The molecule has 1 aliphatic rings. The van der Waals surface area contributed by atoms with Gasteiger partial charge >= 0.3 is 0 Å². The summed E-state index contributed by atoms with van der Waals surface area (Å²) < 4.78 is 72.1. The molecule has 0 aliphatic heterocycles. The summed E-state index contributed by atoms with van der Waals surface area (Å²) in [7, 11) is -2.15. The fourth-order valence-corrected chi connectivity index (χ4v) is 4.51. The lowest BCUT2D eigenvalue weighted by molar-refractivity contribution is -0.121. The van der Waals surface area contributed by atoms with Gasteiger partial charge < -0.3 is 10.1 Å². The number of ether oxygens (including phenoxy) is 1. The van der Waals surface area contributed by atoms with Gasteiger partial charge in [0.05, 0.1) is 19.6 Å². The number of amides is 1. The number of anilines is 1. The number of hydrogen-bond donors (Lipinski definition) is 2. The molecule has 7 nitrogen and oxygen atoms in total. The molecule has 31 heavy (non-hydrogen) atoms. The molecule has 2 aromatic rings. The van der Waals surface area contributed by atoms with Gasteiger partial charge in [0.2, 0.25) is 15.9 Å². The number of hydrogen-bond acceptors (Lipinski definition) is 5. The van der Waals surface area contributed by atoms with Gasteiger partial charge in [-0.25, -0.2) is 31.3 Å². The van der Waals surface area contributed by atoms with E-state index in [1.165, 1.54) is 13.2 Å². The number of halogens is 3. The van der Waals surface area contributed by atoms with Gasteiger partial charge in [-0.2, -0.15) is 0 Å². The second-order valence-corrected chi connectivity index (χ2v) is 9.24. The fraction of sp³-hybridized carbons (Fsp3) is 0.400. The van der Waals surface area contributed by atoms with Crippen molar-refractivity contribution in [1.82, 2.24) is 9.71 Å². The highest BCUT2D eigenvalue weighted by atomic mass is 32.2. The van der Waals surface area contributed by atoms with Crippen LogP contribution in [0, 0.1) is 23.4 Å². The maximum Gasteiger partial charge on any atom is 0.228 e. The van der Waals surface area contributed by atoms with Crippen molar-refractivity contribution >= 4 is 21.7 Å². The van der Waals surface area contributed by atoms with Crippen LogP contribution < -0.4 is 14.8 Å². The van der Waals surface area contributed by atoms with Gasteiger partial charge in [0, 0.05) is 29.2 Å². The summed E-state index contributed by atoms with van der Waals surface area (Å²) in [6.45, 7) is 0. The Labute approximate surface area is 178 Å². The van der Waals surface area contributed by atoms with Gasteiger partial charge in [0.1, 0.15) is 17.4 Å². The molecule has 1 fully saturated rings. The number of carbonyl (C=O) groups excluding carboxylic acids is 1. The van der Waals surface area contributed by atoms with E-state index in [0.717, 1.165) is 24.6 Å². The Hall–Kier alpha value is -2.66. The molecule has 1 amide bonds. The summed E-state index contributed by atoms with van der Waals surface area (Å²) in [5, 5.41) is 2.59. The fourth-order valence-electron chi connectivity index (χ4n) is 3.69. The Kier molecular flexibility index (Phi) is 6.85. The van der Waals surface area contributed by atoms with Gasteiger partial charge in [-0.1, -0.05) is 6.42 Å². The average molecular weight is 457 g/mol. The van der Waals surface area contributed by atoms with E-state index in [0.29, 0.717) is 25.7 Å². The van der Waals surface area contributed by atoms with E-state index in [2.05, 4.69) is 15.0 Å². The zero-order chi connectivity index (χ0) is 22.8. The second kappa shape index (κ2) is 9.23. The molecule has 11 heteroatoms. The van der Waals surface area contributed by atoms with Crippen molar-refractivity contribution in [2.45, 2.75) is 31.7 Å². The van der Waals surface area contributed by atoms with E-state index >= 15 is 0 Å². The van der Waals surface area contributed by atoms with Crippen molar-refractivity contribution in [2.24, 2.45) is 5.92 Å². The van der Waals surface area contributed by atoms with Crippen LogP contribution in [-0.2, 0) is 14.8 Å². The molecule has 0 saturated heterocycles. The molecule has 0 radical (unpaired) electrons. The van der Waals surface area contributed by atoms with E-state index in [1.807, 2.05) is 0 Å². The molecule has 0 bridgehead atoms. The number of sulfonamides is 1. The minimum Gasteiger partial charge on any atom is -0.496 e. The summed E-state index contributed by atoms with van der Waals surface area (Å²) in [5.41, 5.74) is -0.159. The molecule has 1 aromatic heterocycles. The highest BCUT2D eigenvalue weighted by Gasteiger charge is 2.29. The lowest BCUT2D eigenvalue weighted by atomic mass is 9.85. The molecular formula is C20H22F3N3O4S. The van der Waals surface area contributed by atoms with Crippen LogP contribution in [0.4, 0.5) is 19.0 Å². The third-order valence-corrected chi connectivity index (χ3v) is 5.83. The Bertz CT molecular complexity index is 1100. The second-order valence-electron chi connectivity index (χ2n) is 7.46. The summed E-state index contributed by atoms with van der Waals surface area (Å²) in [5.74, 6) is -4.03. The van der Waals surface area contributed by atoms with Crippen LogP contribution in [0.25, 0.3) is 11.1 Å². The van der Waals surface area contributed by atoms with Crippen molar-refractivity contribution in [3.63, 3.8) is 0 Å². The van der Waals surface area contributed by atoms with Crippen molar-refractivity contribution < 1.29 is 31.1 Å². The molecule has 0 spiro atoms. The smallest absolute Gasteiger partial charge is 0.228 e. The van der Waals surface area contributed by atoms with Crippen molar-refractivity contribution in [3.05, 3.63) is 41.8 Å². The van der Waals surface area contributed by atoms with Crippen LogP contribution in [0.2, 0.25) is 0 Å². The summed E-state index contributed by atoms with van der Waals surface area (Å²) in [6.07, 6.45) is 4.11. The molecule has 1 heterocycles. The van der Waals surface area contributed by atoms with E-state index in [9.17, 15) is 26.4 Å². The monoisotopic (exact) mass is 457 g/mol. The van der Waals surface area contributed by atoms with Gasteiger partial charge in [-0.15, -0.1) is 0 Å². The van der Waals surface area contributed by atoms with Crippen LogP contribution in [0.3, 0.4) is 0 Å². The van der Waals surface area contributed by atoms with Crippen molar-refractivity contribution in [1.29, 1.82) is 0 Å². The molecule has 2 atom stereocenters. The minimum absolute atomic E-state index is 0.0198. The maximum atomic E-state index is 14.4. The Morgan fingerprint density at radius 2 is 1.81 bits per heavy atom. The highest BCUT2D eigenvalue weighted by molar-refractivity contribution is 7.88. The topological polar surface area (TPSA) is 97.4 Å².